The van der Waals surface area contributed by atoms with Crippen molar-refractivity contribution in [3.8, 4) is 0 Å². The van der Waals surface area contributed by atoms with Crippen LogP contribution in [-0.4, -0.2) is 24.9 Å². The van der Waals surface area contributed by atoms with Crippen molar-refractivity contribution in [2.45, 2.75) is 26.7 Å². The molecule has 0 unspecified atom stereocenters. The van der Waals surface area contributed by atoms with Crippen LogP contribution in [0, 0.1) is 5.92 Å². The van der Waals surface area contributed by atoms with Crippen LogP contribution in [0.1, 0.15) is 26.7 Å². The highest BCUT2D eigenvalue weighted by atomic mass is 16.1. The zero-order chi connectivity index (χ0) is 9.40. The molecule has 0 rings (SSSR count). The van der Waals surface area contributed by atoms with Crippen molar-refractivity contribution in [2.75, 3.05) is 13.6 Å². The standard InChI is InChI=1S/C10H19NO/c1-4-5-6-10(2)7-8-11(3)9-12/h4-5,9-10H,6-8H2,1-3H3/b5-4+/t10-/m1/s1. The molecule has 2 heteroatoms. The fourth-order valence-corrected chi connectivity index (χ4v) is 0.963. The van der Waals surface area contributed by atoms with E-state index < -0.39 is 0 Å². The first-order valence-electron chi connectivity index (χ1n) is 4.47. The molecule has 0 heterocycles. The topological polar surface area (TPSA) is 20.3 Å². The van der Waals surface area contributed by atoms with Crippen molar-refractivity contribution >= 4 is 6.41 Å². The summed E-state index contributed by atoms with van der Waals surface area (Å²) in [7, 11) is 1.81. The summed E-state index contributed by atoms with van der Waals surface area (Å²) in [6.45, 7) is 5.10. The fraction of sp³-hybridized carbons (Fsp3) is 0.700. The van der Waals surface area contributed by atoms with Gasteiger partial charge in [-0.2, -0.15) is 0 Å². The summed E-state index contributed by atoms with van der Waals surface area (Å²) in [5, 5.41) is 0. The number of hydrogen-bond acceptors (Lipinski definition) is 1. The van der Waals surface area contributed by atoms with Gasteiger partial charge in [0, 0.05) is 13.6 Å². The van der Waals surface area contributed by atoms with Gasteiger partial charge in [0.05, 0.1) is 0 Å². The van der Waals surface area contributed by atoms with Crippen molar-refractivity contribution in [3.05, 3.63) is 12.2 Å². The molecule has 0 saturated carbocycles. The minimum atomic E-state index is 0.670. The first-order valence-corrected chi connectivity index (χ1v) is 4.47. The van der Waals surface area contributed by atoms with Crippen LogP contribution in [0.2, 0.25) is 0 Å². The molecule has 0 N–H and O–H groups in total. The maximum atomic E-state index is 10.2. The van der Waals surface area contributed by atoms with Gasteiger partial charge >= 0.3 is 0 Å². The number of allylic oxidation sites excluding steroid dienone is 2. The number of hydrogen-bond donors (Lipinski definition) is 0. The van der Waals surface area contributed by atoms with E-state index in [9.17, 15) is 4.79 Å². The second-order valence-corrected chi connectivity index (χ2v) is 3.28. The van der Waals surface area contributed by atoms with E-state index in [0.717, 1.165) is 25.8 Å². The Morgan fingerprint density at radius 3 is 2.67 bits per heavy atom. The van der Waals surface area contributed by atoms with Crippen LogP contribution in [0.25, 0.3) is 0 Å². The van der Waals surface area contributed by atoms with Gasteiger partial charge in [0.1, 0.15) is 0 Å². The SMILES string of the molecule is C/C=C/C[C@@H](C)CCN(C)C=O. The minimum Gasteiger partial charge on any atom is -0.348 e. The molecule has 0 aliphatic heterocycles. The van der Waals surface area contributed by atoms with Crippen LogP contribution in [0.15, 0.2) is 12.2 Å². The average Bonchev–Trinajstić information content (AvgIpc) is 2.10. The molecule has 0 aromatic carbocycles. The quantitative estimate of drug-likeness (QED) is 0.440. The Kier molecular flexibility index (Phi) is 6.44. The molecule has 0 bridgehead atoms. The summed E-state index contributed by atoms with van der Waals surface area (Å²) >= 11 is 0. The molecule has 0 aliphatic carbocycles. The molecule has 2 nitrogen and oxygen atoms in total. The molecule has 0 aliphatic rings. The van der Waals surface area contributed by atoms with E-state index in [4.69, 9.17) is 0 Å². The van der Waals surface area contributed by atoms with Crippen LogP contribution >= 0.6 is 0 Å². The van der Waals surface area contributed by atoms with Crippen molar-refractivity contribution in [1.82, 2.24) is 4.90 Å². The Morgan fingerprint density at radius 2 is 2.17 bits per heavy atom. The van der Waals surface area contributed by atoms with Crippen molar-refractivity contribution in [2.24, 2.45) is 5.92 Å². The summed E-state index contributed by atoms with van der Waals surface area (Å²) in [5.74, 6) is 0.670. The molecule has 0 aromatic rings. The maximum absolute atomic E-state index is 10.2. The Hall–Kier alpha value is -0.790. The third-order valence-electron chi connectivity index (χ3n) is 1.93. The summed E-state index contributed by atoms with van der Waals surface area (Å²) in [6, 6.07) is 0. The molecule has 1 amide bonds. The third-order valence-corrected chi connectivity index (χ3v) is 1.93. The van der Waals surface area contributed by atoms with Gasteiger partial charge in [0.25, 0.3) is 0 Å². The van der Waals surface area contributed by atoms with E-state index in [1.807, 2.05) is 14.0 Å². The van der Waals surface area contributed by atoms with Gasteiger partial charge < -0.3 is 4.90 Å². The number of carbonyl (C=O) groups is 1. The monoisotopic (exact) mass is 169 g/mol. The van der Waals surface area contributed by atoms with Crippen molar-refractivity contribution in [1.29, 1.82) is 0 Å². The molecule has 0 radical (unpaired) electrons. The number of nitrogens with zero attached hydrogens (tertiary/aromatic N) is 1. The Bertz CT molecular complexity index is 143. The lowest BCUT2D eigenvalue weighted by Gasteiger charge is -2.13. The van der Waals surface area contributed by atoms with E-state index in [2.05, 4.69) is 19.1 Å². The lowest BCUT2D eigenvalue weighted by Crippen LogP contribution is -2.18. The highest BCUT2D eigenvalue weighted by Gasteiger charge is 2.00. The number of rotatable bonds is 6. The average molecular weight is 169 g/mol. The zero-order valence-electron chi connectivity index (χ0n) is 8.29. The molecular formula is C10H19NO. The van der Waals surface area contributed by atoms with Crippen LogP contribution < -0.4 is 0 Å². The van der Waals surface area contributed by atoms with Gasteiger partial charge in [-0.15, -0.1) is 0 Å². The Labute approximate surface area is 75.3 Å². The van der Waals surface area contributed by atoms with Gasteiger partial charge in [-0.25, -0.2) is 0 Å². The van der Waals surface area contributed by atoms with Crippen LogP contribution in [-0.2, 0) is 4.79 Å². The predicted molar refractivity (Wildman–Crippen MR) is 51.9 cm³/mol. The minimum absolute atomic E-state index is 0.670. The largest absolute Gasteiger partial charge is 0.348 e. The van der Waals surface area contributed by atoms with Gasteiger partial charge in [0.15, 0.2) is 0 Å². The first-order chi connectivity index (χ1) is 5.70. The molecule has 0 fully saturated rings. The Morgan fingerprint density at radius 1 is 1.50 bits per heavy atom. The molecule has 0 saturated heterocycles. The zero-order valence-corrected chi connectivity index (χ0v) is 8.29. The van der Waals surface area contributed by atoms with Crippen LogP contribution in [0.5, 0.6) is 0 Å². The maximum Gasteiger partial charge on any atom is 0.209 e. The summed E-state index contributed by atoms with van der Waals surface area (Å²) < 4.78 is 0. The summed E-state index contributed by atoms with van der Waals surface area (Å²) in [4.78, 5) is 11.9. The number of amides is 1. The predicted octanol–water partition coefficient (Wildman–Crippen LogP) is 2.07. The smallest absolute Gasteiger partial charge is 0.209 e. The van der Waals surface area contributed by atoms with E-state index in [0.29, 0.717) is 5.92 Å². The van der Waals surface area contributed by atoms with E-state index in [-0.39, 0.29) is 0 Å². The highest BCUT2D eigenvalue weighted by molar-refractivity contribution is 5.46. The fourth-order valence-electron chi connectivity index (χ4n) is 0.963. The van der Waals surface area contributed by atoms with E-state index in [1.165, 1.54) is 0 Å². The molecule has 12 heavy (non-hydrogen) atoms. The Balaban J connectivity index is 3.42. The molecular weight excluding hydrogens is 150 g/mol. The van der Waals surface area contributed by atoms with E-state index in [1.54, 1.807) is 4.90 Å². The first kappa shape index (κ1) is 11.2. The molecule has 0 spiro atoms. The summed E-state index contributed by atoms with van der Waals surface area (Å²) in [5.41, 5.74) is 0. The summed E-state index contributed by atoms with van der Waals surface area (Å²) in [6.07, 6.45) is 7.32. The highest BCUT2D eigenvalue weighted by Crippen LogP contribution is 2.07. The molecule has 0 aromatic heterocycles. The van der Waals surface area contributed by atoms with E-state index >= 15 is 0 Å². The normalized spacial score (nSPS) is 13.2. The van der Waals surface area contributed by atoms with Gasteiger partial charge in [-0.1, -0.05) is 19.1 Å². The third kappa shape index (κ3) is 5.96. The van der Waals surface area contributed by atoms with Gasteiger partial charge in [-0.3, -0.25) is 4.79 Å². The van der Waals surface area contributed by atoms with Crippen LogP contribution in [0.4, 0.5) is 0 Å². The molecule has 1 atom stereocenters. The number of carbonyl (C=O) groups excluding carboxylic acids is 1. The van der Waals surface area contributed by atoms with Gasteiger partial charge in [0.2, 0.25) is 6.41 Å². The van der Waals surface area contributed by atoms with Crippen LogP contribution in [0.3, 0.4) is 0 Å². The van der Waals surface area contributed by atoms with Crippen molar-refractivity contribution in [3.63, 3.8) is 0 Å². The van der Waals surface area contributed by atoms with Crippen molar-refractivity contribution < 1.29 is 4.79 Å². The molecule has 70 valence electrons. The lowest BCUT2D eigenvalue weighted by molar-refractivity contribution is -0.117. The lowest BCUT2D eigenvalue weighted by atomic mass is 10.0. The second kappa shape index (κ2) is 6.89. The second-order valence-electron chi connectivity index (χ2n) is 3.28. The van der Waals surface area contributed by atoms with Gasteiger partial charge in [-0.05, 0) is 25.7 Å².